The second-order valence-electron chi connectivity index (χ2n) is 17.0. The molecule has 3 heterocycles. The zero-order chi connectivity index (χ0) is 45.3. The third kappa shape index (κ3) is 9.41. The van der Waals surface area contributed by atoms with Crippen LogP contribution in [0.4, 0.5) is 30.7 Å². The molecule has 2 aliphatic rings. The van der Waals surface area contributed by atoms with Crippen LogP contribution in [0.5, 0.6) is 0 Å². The van der Waals surface area contributed by atoms with Crippen LogP contribution in [0.2, 0.25) is 5.02 Å². The largest absolute Gasteiger partial charge is 0.435 e. The van der Waals surface area contributed by atoms with Crippen molar-refractivity contribution in [1.82, 2.24) is 34.8 Å². The summed E-state index contributed by atoms with van der Waals surface area (Å²) in [5.74, 6) is -3.94. The number of likely N-dealkylation sites (N-methyl/N-ethyl adjacent to an activating group) is 1. The second-order valence-corrected chi connectivity index (χ2v) is 19.5. The van der Waals surface area contributed by atoms with Gasteiger partial charge >= 0.3 is 6.18 Å². The fraction of sp³-hybridized carbons (Fsp3) is 0.442. The lowest BCUT2D eigenvalue weighted by molar-refractivity contribution is -0.142. The SMILES string of the molecule is CN(C)CCNC(C)(C)C#Cc1ccc(-c2ccc(Cl)c3c(CS(C)(=O)=O)nn(C)c23)c([C@@H](CC(=O)Cn2nc(C(F)(F)F)c3c2C(F)(F)[C@@H]2C[C@H]32)Cc2cc(F)cc(F)c2)n1. The van der Waals surface area contributed by atoms with Gasteiger partial charge in [-0.1, -0.05) is 23.6 Å². The van der Waals surface area contributed by atoms with E-state index in [0.717, 1.165) is 24.9 Å². The summed E-state index contributed by atoms with van der Waals surface area (Å²) in [6.45, 7) is 4.12. The number of nitrogens with zero attached hydrogens (tertiary/aromatic N) is 6. The molecule has 1 N–H and O–H groups in total. The molecule has 330 valence electrons. The fourth-order valence-corrected chi connectivity index (χ4v) is 9.30. The van der Waals surface area contributed by atoms with Gasteiger partial charge in [0.05, 0.1) is 33.2 Å². The molecule has 0 unspecified atom stereocenters. The molecule has 0 amide bonds. The van der Waals surface area contributed by atoms with Crippen LogP contribution in [-0.4, -0.2) is 82.6 Å². The summed E-state index contributed by atoms with van der Waals surface area (Å²) in [5.41, 5.74) is -1.88. The first-order valence-electron chi connectivity index (χ1n) is 19.6. The van der Waals surface area contributed by atoms with Crippen molar-refractivity contribution in [3.63, 3.8) is 0 Å². The first-order valence-corrected chi connectivity index (χ1v) is 22.1. The monoisotopic (exact) mass is 905 g/mol. The number of pyridine rings is 1. The number of rotatable bonds is 14. The molecule has 10 nitrogen and oxygen atoms in total. The summed E-state index contributed by atoms with van der Waals surface area (Å²) in [6.07, 6.45) is -4.93. The number of aromatic nitrogens is 5. The number of Topliss-reactive ketones (excluding diaryl/α,β-unsaturated/α-hetero) is 1. The van der Waals surface area contributed by atoms with Crippen molar-refractivity contribution in [2.75, 3.05) is 33.4 Å². The van der Waals surface area contributed by atoms with Crippen molar-refractivity contribution in [2.45, 2.75) is 74.9 Å². The second kappa shape index (κ2) is 16.4. The van der Waals surface area contributed by atoms with Gasteiger partial charge in [-0.25, -0.2) is 22.2 Å². The van der Waals surface area contributed by atoms with Crippen LogP contribution in [0.3, 0.4) is 0 Å². The van der Waals surface area contributed by atoms with E-state index >= 15 is 8.78 Å². The van der Waals surface area contributed by atoms with Gasteiger partial charge in [-0.05, 0) is 88.5 Å². The van der Waals surface area contributed by atoms with Gasteiger partial charge in [-0.3, -0.25) is 14.2 Å². The van der Waals surface area contributed by atoms with E-state index in [1.54, 1.807) is 25.2 Å². The number of aryl methyl sites for hydroxylation is 1. The average molecular weight is 906 g/mol. The highest BCUT2D eigenvalue weighted by atomic mass is 35.5. The normalized spacial score (nSPS) is 17.5. The number of carbonyl (C=O) groups is 1. The van der Waals surface area contributed by atoms with Gasteiger partial charge in [-0.2, -0.15) is 32.1 Å². The Morgan fingerprint density at radius 1 is 1.06 bits per heavy atom. The van der Waals surface area contributed by atoms with Gasteiger partial charge in [0.2, 0.25) is 0 Å². The van der Waals surface area contributed by atoms with Gasteiger partial charge in [0.1, 0.15) is 29.6 Å². The van der Waals surface area contributed by atoms with Gasteiger partial charge in [-0.15, -0.1) is 0 Å². The predicted molar refractivity (Wildman–Crippen MR) is 219 cm³/mol. The number of sulfone groups is 1. The first-order chi connectivity index (χ1) is 28.8. The topological polar surface area (TPSA) is 115 Å². The molecular formula is C43H43ClF7N7O3S. The van der Waals surface area contributed by atoms with Crippen LogP contribution in [0, 0.1) is 29.4 Å². The Balaban J connectivity index is 1.38. The first kappa shape index (κ1) is 45.2. The highest BCUT2D eigenvalue weighted by Crippen LogP contribution is 2.68. The minimum Gasteiger partial charge on any atom is -0.308 e. The average Bonchev–Trinajstić information content (AvgIpc) is 3.68. The quantitative estimate of drug-likeness (QED) is 0.0888. The molecule has 2 aromatic carbocycles. The fourth-order valence-electron chi connectivity index (χ4n) is 8.34. The minimum atomic E-state index is -5.05. The number of alkyl halides is 5. The van der Waals surface area contributed by atoms with Crippen molar-refractivity contribution in [3.8, 4) is 23.0 Å². The lowest BCUT2D eigenvalue weighted by Gasteiger charge is -2.22. The standard InChI is InChI=1S/C43H43ClF7N7O3S/c1-41(2,52-13-14-56(3)4)12-11-27-7-8-29(30-9-10-33(44)36-34(22-62(6,60)61)54-57(5)38(30)36)37(53-27)24(15-23-16-25(45)19-26(46)17-23)18-28(59)21-58-40-35(39(55-58)43(49,50)51)31-20-32(31)42(40,47)48/h7-10,16-17,19,24,31-32,52H,13-15,18,20-22H2,1-6H3/t24-,31+,32-/m1/s1. The molecule has 19 heteroatoms. The molecule has 3 aromatic heterocycles. The summed E-state index contributed by atoms with van der Waals surface area (Å²) in [5, 5.41) is 11.9. The highest BCUT2D eigenvalue weighted by Gasteiger charge is 2.68. The van der Waals surface area contributed by atoms with E-state index in [0.29, 0.717) is 39.3 Å². The Morgan fingerprint density at radius 3 is 2.39 bits per heavy atom. The molecule has 0 aliphatic heterocycles. The molecule has 7 rings (SSSR count). The maximum Gasteiger partial charge on any atom is 0.435 e. The molecule has 0 saturated heterocycles. The third-order valence-electron chi connectivity index (χ3n) is 11.0. The maximum atomic E-state index is 15.5. The summed E-state index contributed by atoms with van der Waals surface area (Å²) in [7, 11) is 1.85. The molecule has 62 heavy (non-hydrogen) atoms. The van der Waals surface area contributed by atoms with E-state index < -0.39 is 98.3 Å². The van der Waals surface area contributed by atoms with E-state index in [1.165, 1.54) is 10.7 Å². The molecule has 0 spiro atoms. The molecule has 0 bridgehead atoms. The van der Waals surface area contributed by atoms with Crippen LogP contribution < -0.4 is 5.32 Å². The molecule has 1 fully saturated rings. The summed E-state index contributed by atoms with van der Waals surface area (Å²) in [4.78, 5) is 21.1. The molecule has 5 aromatic rings. The van der Waals surface area contributed by atoms with Crippen molar-refractivity contribution >= 4 is 38.1 Å². The number of hydrogen-bond acceptors (Lipinski definition) is 8. The molecule has 2 aliphatic carbocycles. The number of carbonyl (C=O) groups excluding carboxylic acids is 1. The Labute approximate surface area is 358 Å². The number of benzene rings is 2. The summed E-state index contributed by atoms with van der Waals surface area (Å²) in [6, 6.07) is 9.25. The van der Waals surface area contributed by atoms with Gasteiger partial charge in [0.25, 0.3) is 5.92 Å². The Bertz CT molecular complexity index is 2750. The van der Waals surface area contributed by atoms with Crippen molar-refractivity contribution < 1.29 is 43.9 Å². The van der Waals surface area contributed by atoms with E-state index in [9.17, 15) is 35.2 Å². The molecule has 1 saturated carbocycles. The van der Waals surface area contributed by atoms with E-state index in [2.05, 4.69) is 27.4 Å². The number of nitrogens with one attached hydrogen (secondary N) is 1. The zero-order valence-corrected chi connectivity index (χ0v) is 36.1. The van der Waals surface area contributed by atoms with Crippen LogP contribution in [0.1, 0.15) is 78.1 Å². The van der Waals surface area contributed by atoms with E-state index in [-0.39, 0.29) is 40.5 Å². The van der Waals surface area contributed by atoms with Crippen molar-refractivity contribution in [1.29, 1.82) is 0 Å². The smallest absolute Gasteiger partial charge is 0.308 e. The van der Waals surface area contributed by atoms with E-state index in [1.807, 2.05) is 32.8 Å². The molecule has 3 atom stereocenters. The van der Waals surface area contributed by atoms with E-state index in [4.69, 9.17) is 16.6 Å². The number of halogens is 8. The van der Waals surface area contributed by atoms with Crippen molar-refractivity contribution in [2.24, 2.45) is 13.0 Å². The van der Waals surface area contributed by atoms with Gasteiger partial charge in [0.15, 0.2) is 21.3 Å². The predicted octanol–water partition coefficient (Wildman–Crippen LogP) is 7.80. The van der Waals surface area contributed by atoms with Gasteiger partial charge < -0.3 is 10.2 Å². The summed E-state index contributed by atoms with van der Waals surface area (Å²) < 4.78 is 130. The van der Waals surface area contributed by atoms with Crippen LogP contribution in [0.15, 0.2) is 42.5 Å². The third-order valence-corrected chi connectivity index (χ3v) is 12.2. The number of fused-ring (bicyclic) bond motifs is 4. The van der Waals surface area contributed by atoms with Crippen molar-refractivity contribution in [3.05, 3.63) is 98.7 Å². The number of hydrogen-bond donors (Lipinski definition) is 1. The van der Waals surface area contributed by atoms with Gasteiger partial charge in [0, 0.05) is 72.8 Å². The van der Waals surface area contributed by atoms with Crippen LogP contribution >= 0.6 is 11.6 Å². The lowest BCUT2D eigenvalue weighted by atomic mass is 9.86. The Kier molecular flexibility index (Phi) is 11.9. The Hall–Kier alpha value is -4.83. The van der Waals surface area contributed by atoms with Crippen LogP contribution in [0.25, 0.3) is 22.0 Å². The maximum absolute atomic E-state index is 15.5. The molecule has 0 radical (unpaired) electrons. The lowest BCUT2D eigenvalue weighted by Crippen LogP contribution is -2.41. The highest BCUT2D eigenvalue weighted by molar-refractivity contribution is 7.89. The summed E-state index contributed by atoms with van der Waals surface area (Å²) >= 11 is 6.68. The minimum absolute atomic E-state index is 0.0962. The van der Waals surface area contributed by atoms with Crippen LogP contribution in [-0.2, 0) is 52.5 Å². The zero-order valence-electron chi connectivity index (χ0n) is 34.6. The number of ketones is 1. The Morgan fingerprint density at radius 2 is 1.74 bits per heavy atom. The molecular weight excluding hydrogens is 863 g/mol.